The van der Waals surface area contributed by atoms with E-state index in [9.17, 15) is 24.0 Å². The predicted molar refractivity (Wildman–Crippen MR) is 149 cm³/mol. The highest BCUT2D eigenvalue weighted by atomic mass is 16.6. The molecule has 5 amide bonds. The van der Waals surface area contributed by atoms with Crippen molar-refractivity contribution in [1.82, 2.24) is 15.5 Å². The maximum Gasteiger partial charge on any atom is 0.407 e. The zero-order valence-electron chi connectivity index (χ0n) is 23.1. The number of fused-ring (bicyclic) bond motifs is 1. The van der Waals surface area contributed by atoms with E-state index in [0.29, 0.717) is 58.4 Å². The maximum absolute atomic E-state index is 13.1. The number of benzene rings is 2. The lowest BCUT2D eigenvalue weighted by Gasteiger charge is -2.27. The molecule has 2 aliphatic rings. The summed E-state index contributed by atoms with van der Waals surface area (Å²) in [6, 6.07) is 13.3. The van der Waals surface area contributed by atoms with Gasteiger partial charge in [0.2, 0.25) is 11.8 Å². The van der Waals surface area contributed by atoms with Gasteiger partial charge in [0.25, 0.3) is 11.8 Å². The molecule has 2 aliphatic heterocycles. The SMILES string of the molecule is O=C1CCC(N2C(=O)c3cccc(NCCOCCOCCOCCNC(=O)OCc4ccccc4)c3C2=O)C(=O)N1. The van der Waals surface area contributed by atoms with Gasteiger partial charge in [-0.15, -0.1) is 0 Å². The van der Waals surface area contributed by atoms with E-state index in [4.69, 9.17) is 18.9 Å². The minimum absolute atomic E-state index is 0.0639. The predicted octanol–water partition coefficient (Wildman–Crippen LogP) is 1.48. The van der Waals surface area contributed by atoms with Crippen molar-refractivity contribution >= 4 is 35.4 Å². The van der Waals surface area contributed by atoms with Gasteiger partial charge in [0.15, 0.2) is 0 Å². The van der Waals surface area contributed by atoms with E-state index in [1.54, 1.807) is 18.2 Å². The number of nitrogens with one attached hydrogen (secondary N) is 3. The molecule has 1 fully saturated rings. The summed E-state index contributed by atoms with van der Waals surface area (Å²) in [4.78, 5) is 62.3. The molecule has 13 heteroatoms. The number of anilines is 1. The first-order valence-electron chi connectivity index (χ1n) is 13.7. The first-order valence-corrected chi connectivity index (χ1v) is 13.7. The number of nitrogens with zero attached hydrogens (tertiary/aromatic N) is 1. The first kappa shape index (κ1) is 30.6. The number of rotatable bonds is 16. The standard InChI is InChI=1S/C29H34N4O9/c34-24-10-9-23(26(35)32-24)33-27(36)21-7-4-8-22(25(21)28(33)37)30-11-13-39-15-17-41-18-16-40-14-12-31-29(38)42-19-20-5-2-1-3-6-20/h1-8,23,30H,9-19H2,(H,31,38)(H,32,34,35). The average Bonchev–Trinajstić information content (AvgIpc) is 3.24. The van der Waals surface area contributed by atoms with E-state index in [2.05, 4.69) is 16.0 Å². The van der Waals surface area contributed by atoms with Crippen molar-refractivity contribution in [3.05, 3.63) is 65.2 Å². The van der Waals surface area contributed by atoms with Crippen LogP contribution >= 0.6 is 0 Å². The molecule has 0 spiro atoms. The van der Waals surface area contributed by atoms with Crippen LogP contribution in [0.2, 0.25) is 0 Å². The Kier molecular flexibility index (Phi) is 11.4. The van der Waals surface area contributed by atoms with Crippen molar-refractivity contribution < 1.29 is 42.9 Å². The summed E-state index contributed by atoms with van der Waals surface area (Å²) in [6.45, 7) is 3.01. The molecular formula is C29H34N4O9. The second-order valence-electron chi connectivity index (χ2n) is 9.43. The summed E-state index contributed by atoms with van der Waals surface area (Å²) in [7, 11) is 0. The Morgan fingerprint density at radius 2 is 1.52 bits per heavy atom. The van der Waals surface area contributed by atoms with Crippen LogP contribution in [0.4, 0.5) is 10.5 Å². The summed E-state index contributed by atoms with van der Waals surface area (Å²) in [5.41, 5.74) is 1.80. The van der Waals surface area contributed by atoms with E-state index in [0.717, 1.165) is 10.5 Å². The van der Waals surface area contributed by atoms with Gasteiger partial charge in [0, 0.05) is 25.2 Å². The molecule has 42 heavy (non-hydrogen) atoms. The normalized spacial score (nSPS) is 16.3. The molecule has 0 aliphatic carbocycles. The molecule has 2 heterocycles. The highest BCUT2D eigenvalue weighted by molar-refractivity contribution is 6.25. The first-order chi connectivity index (χ1) is 20.5. The van der Waals surface area contributed by atoms with Gasteiger partial charge < -0.3 is 29.6 Å². The highest BCUT2D eigenvalue weighted by Gasteiger charge is 2.45. The average molecular weight is 583 g/mol. The number of ether oxygens (including phenoxy) is 4. The molecule has 13 nitrogen and oxygen atoms in total. The molecule has 0 saturated carbocycles. The number of piperidine rings is 1. The number of carbonyl (C=O) groups excluding carboxylic acids is 5. The molecule has 4 rings (SSSR count). The lowest BCUT2D eigenvalue weighted by molar-refractivity contribution is -0.136. The van der Waals surface area contributed by atoms with E-state index < -0.39 is 35.8 Å². The van der Waals surface area contributed by atoms with Crippen LogP contribution in [0, 0.1) is 0 Å². The Labute approximate surface area is 242 Å². The van der Waals surface area contributed by atoms with Crippen LogP contribution in [-0.2, 0) is 35.1 Å². The van der Waals surface area contributed by atoms with Crippen molar-refractivity contribution in [1.29, 1.82) is 0 Å². The van der Waals surface area contributed by atoms with E-state index in [1.165, 1.54) is 0 Å². The Morgan fingerprint density at radius 1 is 0.833 bits per heavy atom. The summed E-state index contributed by atoms with van der Waals surface area (Å²) >= 11 is 0. The number of hydrogen-bond acceptors (Lipinski definition) is 10. The van der Waals surface area contributed by atoms with Crippen LogP contribution in [0.15, 0.2) is 48.5 Å². The number of amides is 5. The third-order valence-electron chi connectivity index (χ3n) is 6.50. The van der Waals surface area contributed by atoms with Gasteiger partial charge in [-0.05, 0) is 24.1 Å². The molecule has 1 saturated heterocycles. The number of imide groups is 2. The second kappa shape index (κ2) is 15.6. The Hall–Kier alpha value is -4.33. The second-order valence-corrected chi connectivity index (χ2v) is 9.43. The minimum Gasteiger partial charge on any atom is -0.445 e. The van der Waals surface area contributed by atoms with Gasteiger partial charge in [-0.3, -0.25) is 29.4 Å². The fraction of sp³-hybridized carbons (Fsp3) is 0.414. The van der Waals surface area contributed by atoms with E-state index in [-0.39, 0.29) is 30.6 Å². The third kappa shape index (κ3) is 8.35. The summed E-state index contributed by atoms with van der Waals surface area (Å²) in [5.74, 6) is -2.19. The van der Waals surface area contributed by atoms with Gasteiger partial charge in [0.1, 0.15) is 12.6 Å². The van der Waals surface area contributed by atoms with Crippen LogP contribution in [-0.4, -0.2) is 93.4 Å². The van der Waals surface area contributed by atoms with E-state index in [1.807, 2.05) is 30.3 Å². The van der Waals surface area contributed by atoms with Crippen LogP contribution in [0.5, 0.6) is 0 Å². The molecule has 2 aromatic carbocycles. The van der Waals surface area contributed by atoms with Crippen molar-refractivity contribution in [2.45, 2.75) is 25.5 Å². The minimum atomic E-state index is -1.01. The zero-order valence-corrected chi connectivity index (χ0v) is 23.1. The lowest BCUT2D eigenvalue weighted by Crippen LogP contribution is -2.54. The Balaban J connectivity index is 1.03. The molecule has 1 atom stereocenters. The van der Waals surface area contributed by atoms with Crippen molar-refractivity contribution in [2.75, 3.05) is 58.0 Å². The lowest BCUT2D eigenvalue weighted by atomic mass is 10.0. The van der Waals surface area contributed by atoms with E-state index >= 15 is 0 Å². The number of hydrogen-bond donors (Lipinski definition) is 3. The summed E-state index contributed by atoms with van der Waals surface area (Å²) in [5, 5.41) is 7.92. The van der Waals surface area contributed by atoms with Crippen LogP contribution < -0.4 is 16.0 Å². The van der Waals surface area contributed by atoms with Gasteiger partial charge in [-0.1, -0.05) is 36.4 Å². The molecule has 2 aromatic rings. The largest absolute Gasteiger partial charge is 0.445 e. The maximum atomic E-state index is 13.1. The van der Waals surface area contributed by atoms with Gasteiger partial charge in [-0.25, -0.2) is 4.79 Å². The monoisotopic (exact) mass is 582 g/mol. The molecule has 0 radical (unpaired) electrons. The Bertz CT molecular complexity index is 1270. The molecule has 1 unspecified atom stereocenters. The highest BCUT2D eigenvalue weighted by Crippen LogP contribution is 2.32. The van der Waals surface area contributed by atoms with Gasteiger partial charge in [-0.2, -0.15) is 0 Å². The van der Waals surface area contributed by atoms with Crippen LogP contribution in [0.1, 0.15) is 39.1 Å². The number of carbonyl (C=O) groups is 5. The van der Waals surface area contributed by atoms with Crippen LogP contribution in [0.3, 0.4) is 0 Å². The topological polar surface area (TPSA) is 162 Å². The third-order valence-corrected chi connectivity index (χ3v) is 6.50. The van der Waals surface area contributed by atoms with Crippen molar-refractivity contribution in [3.8, 4) is 0 Å². The molecule has 0 aromatic heterocycles. The van der Waals surface area contributed by atoms with Crippen LogP contribution in [0.25, 0.3) is 0 Å². The molecular weight excluding hydrogens is 548 g/mol. The molecule has 224 valence electrons. The number of alkyl carbamates (subject to hydrolysis) is 1. The smallest absolute Gasteiger partial charge is 0.407 e. The molecule has 3 N–H and O–H groups in total. The zero-order chi connectivity index (χ0) is 29.7. The van der Waals surface area contributed by atoms with Crippen molar-refractivity contribution in [2.24, 2.45) is 0 Å². The molecule has 0 bridgehead atoms. The summed E-state index contributed by atoms with van der Waals surface area (Å²) in [6.07, 6.45) is -0.338. The fourth-order valence-electron chi connectivity index (χ4n) is 4.46. The quantitative estimate of drug-likeness (QED) is 0.195. The summed E-state index contributed by atoms with van der Waals surface area (Å²) < 4.78 is 21.5. The Morgan fingerprint density at radius 3 is 2.24 bits per heavy atom. The van der Waals surface area contributed by atoms with Crippen molar-refractivity contribution in [3.63, 3.8) is 0 Å². The van der Waals surface area contributed by atoms with Gasteiger partial charge >= 0.3 is 6.09 Å². The van der Waals surface area contributed by atoms with Gasteiger partial charge in [0.05, 0.1) is 50.8 Å². The fourth-order valence-corrected chi connectivity index (χ4v) is 4.46.